The molecule has 0 heterocycles. The lowest BCUT2D eigenvalue weighted by molar-refractivity contribution is 0.493. The van der Waals surface area contributed by atoms with Gasteiger partial charge in [-0.25, -0.2) is 0 Å². The highest BCUT2D eigenvalue weighted by atomic mass is 14.8. The highest BCUT2D eigenvalue weighted by molar-refractivity contribution is 5.29. The molecule has 0 aliphatic rings. The van der Waals surface area contributed by atoms with Gasteiger partial charge in [0.25, 0.3) is 0 Å². The van der Waals surface area contributed by atoms with Crippen molar-refractivity contribution < 1.29 is 0 Å². The van der Waals surface area contributed by atoms with Gasteiger partial charge >= 0.3 is 0 Å². The van der Waals surface area contributed by atoms with E-state index in [9.17, 15) is 0 Å². The molecule has 0 atom stereocenters. The molecule has 16 heavy (non-hydrogen) atoms. The second-order valence-corrected chi connectivity index (χ2v) is 5.71. The van der Waals surface area contributed by atoms with E-state index >= 15 is 0 Å². The molecule has 0 unspecified atom stereocenters. The fourth-order valence-electron chi connectivity index (χ4n) is 2.13. The lowest BCUT2D eigenvalue weighted by atomic mass is 9.83. The highest BCUT2D eigenvalue weighted by Gasteiger charge is 2.19. The van der Waals surface area contributed by atoms with Gasteiger partial charge in [0, 0.05) is 12.0 Å². The van der Waals surface area contributed by atoms with Crippen molar-refractivity contribution in [2.24, 2.45) is 5.92 Å². The fourth-order valence-corrected chi connectivity index (χ4v) is 2.13. The van der Waals surface area contributed by atoms with Crippen LogP contribution in [0.25, 0.3) is 0 Å². The zero-order valence-electron chi connectivity index (χ0n) is 11.3. The van der Waals surface area contributed by atoms with Crippen molar-refractivity contribution in [3.8, 4) is 0 Å². The van der Waals surface area contributed by atoms with Crippen LogP contribution in [0, 0.1) is 5.92 Å². The van der Waals surface area contributed by atoms with Crippen LogP contribution in [0.15, 0.2) is 24.3 Å². The van der Waals surface area contributed by atoms with Crippen molar-refractivity contribution in [3.05, 3.63) is 35.4 Å². The Kier molecular flexibility index (Phi) is 4.55. The van der Waals surface area contributed by atoms with Gasteiger partial charge in [-0.2, -0.15) is 0 Å². The number of nitrogens with one attached hydrogen (secondary N) is 1. The molecular weight excluding hydrogens is 194 g/mol. The number of hydrogen-bond acceptors (Lipinski definition) is 1. The van der Waals surface area contributed by atoms with Gasteiger partial charge in [0.15, 0.2) is 0 Å². The Balaban J connectivity index is 2.89. The molecule has 0 fully saturated rings. The van der Waals surface area contributed by atoms with E-state index in [-0.39, 0.29) is 5.41 Å². The summed E-state index contributed by atoms with van der Waals surface area (Å²) in [5.41, 5.74) is 3.10. The predicted octanol–water partition coefficient (Wildman–Crippen LogP) is 3.38. The first-order valence-corrected chi connectivity index (χ1v) is 6.19. The van der Waals surface area contributed by atoms with Gasteiger partial charge in [-0.1, -0.05) is 52.0 Å². The normalized spacial score (nSPS) is 12.1. The van der Waals surface area contributed by atoms with Crippen molar-refractivity contribution >= 4 is 0 Å². The van der Waals surface area contributed by atoms with Gasteiger partial charge in [-0.15, -0.1) is 0 Å². The van der Waals surface area contributed by atoms with Crippen molar-refractivity contribution in [3.63, 3.8) is 0 Å². The average Bonchev–Trinajstić information content (AvgIpc) is 2.17. The van der Waals surface area contributed by atoms with E-state index in [2.05, 4.69) is 57.3 Å². The summed E-state index contributed by atoms with van der Waals surface area (Å²) < 4.78 is 0. The highest BCUT2D eigenvalue weighted by Crippen LogP contribution is 2.23. The van der Waals surface area contributed by atoms with E-state index in [1.165, 1.54) is 17.5 Å². The predicted molar refractivity (Wildman–Crippen MR) is 71.9 cm³/mol. The summed E-state index contributed by atoms with van der Waals surface area (Å²) in [6.07, 6.45) is 1.17. The van der Waals surface area contributed by atoms with Crippen molar-refractivity contribution in [2.75, 3.05) is 13.6 Å². The molecule has 1 heteroatoms. The van der Waals surface area contributed by atoms with Crippen LogP contribution in [0.2, 0.25) is 0 Å². The summed E-state index contributed by atoms with van der Waals surface area (Å²) in [5.74, 6) is 0.725. The summed E-state index contributed by atoms with van der Waals surface area (Å²) in [4.78, 5) is 0. The van der Waals surface area contributed by atoms with Crippen molar-refractivity contribution in [1.82, 2.24) is 5.32 Å². The monoisotopic (exact) mass is 219 g/mol. The van der Waals surface area contributed by atoms with Crippen molar-refractivity contribution in [1.29, 1.82) is 0 Å². The first-order valence-electron chi connectivity index (χ1n) is 6.19. The van der Waals surface area contributed by atoms with Crippen LogP contribution >= 0.6 is 0 Å². The van der Waals surface area contributed by atoms with Crippen LogP contribution in [0.4, 0.5) is 0 Å². The molecule has 0 saturated carbocycles. The average molecular weight is 219 g/mol. The second kappa shape index (κ2) is 5.49. The fraction of sp³-hybridized carbons (Fsp3) is 0.600. The van der Waals surface area contributed by atoms with Crippen LogP contribution in [-0.4, -0.2) is 13.6 Å². The molecule has 0 amide bonds. The number of rotatable bonds is 5. The quantitative estimate of drug-likeness (QED) is 0.800. The maximum atomic E-state index is 3.27. The lowest BCUT2D eigenvalue weighted by Crippen LogP contribution is -2.30. The molecule has 90 valence electrons. The first kappa shape index (κ1) is 13.2. The van der Waals surface area contributed by atoms with Crippen LogP contribution in [-0.2, 0) is 11.8 Å². The van der Waals surface area contributed by atoms with E-state index < -0.39 is 0 Å². The number of benzene rings is 1. The van der Waals surface area contributed by atoms with Gasteiger partial charge in [-0.05, 0) is 30.5 Å². The Morgan fingerprint density at radius 1 is 1.25 bits per heavy atom. The van der Waals surface area contributed by atoms with E-state index in [0.717, 1.165) is 12.5 Å². The van der Waals surface area contributed by atoms with E-state index in [1.807, 2.05) is 7.05 Å². The van der Waals surface area contributed by atoms with Gasteiger partial charge in [0.1, 0.15) is 0 Å². The Morgan fingerprint density at radius 2 is 1.94 bits per heavy atom. The maximum absolute atomic E-state index is 3.27. The molecule has 0 bridgehead atoms. The molecule has 0 aromatic heterocycles. The third-order valence-electron chi connectivity index (χ3n) is 2.97. The largest absolute Gasteiger partial charge is 0.319 e. The zero-order chi connectivity index (χ0) is 12.2. The standard InChI is InChI=1S/C15H25N/c1-12(2)9-13-7-6-8-14(10-13)15(3,4)11-16-5/h6-8,10,12,16H,9,11H2,1-5H3. The molecular formula is C15H25N. The molecule has 0 aliphatic carbocycles. The van der Waals surface area contributed by atoms with E-state index in [4.69, 9.17) is 0 Å². The molecule has 1 N–H and O–H groups in total. The second-order valence-electron chi connectivity index (χ2n) is 5.71. The molecule has 0 saturated heterocycles. The van der Waals surface area contributed by atoms with E-state index in [0.29, 0.717) is 0 Å². The topological polar surface area (TPSA) is 12.0 Å². The molecule has 0 radical (unpaired) electrons. The third kappa shape index (κ3) is 3.64. The maximum Gasteiger partial charge on any atom is 0.00401 e. The van der Waals surface area contributed by atoms with Crippen LogP contribution in [0.5, 0.6) is 0 Å². The summed E-state index contributed by atoms with van der Waals surface area (Å²) in [6, 6.07) is 9.02. The Hall–Kier alpha value is -0.820. The number of hydrogen-bond donors (Lipinski definition) is 1. The minimum absolute atomic E-state index is 0.210. The lowest BCUT2D eigenvalue weighted by Gasteiger charge is -2.25. The van der Waals surface area contributed by atoms with E-state index in [1.54, 1.807) is 0 Å². The minimum atomic E-state index is 0.210. The third-order valence-corrected chi connectivity index (χ3v) is 2.97. The Labute approximate surface area is 100 Å². The number of likely N-dealkylation sites (N-methyl/N-ethyl adjacent to an activating group) is 1. The summed E-state index contributed by atoms with van der Waals surface area (Å²) in [5, 5.41) is 3.27. The van der Waals surface area contributed by atoms with Crippen LogP contribution in [0.1, 0.15) is 38.8 Å². The van der Waals surface area contributed by atoms with Gasteiger partial charge in [0.2, 0.25) is 0 Å². The molecule has 1 nitrogen and oxygen atoms in total. The SMILES string of the molecule is CNCC(C)(C)c1cccc(CC(C)C)c1. The first-order chi connectivity index (χ1) is 7.45. The summed E-state index contributed by atoms with van der Waals surface area (Å²) in [7, 11) is 2.01. The van der Waals surface area contributed by atoms with Gasteiger partial charge in [-0.3, -0.25) is 0 Å². The molecule has 1 aromatic carbocycles. The zero-order valence-corrected chi connectivity index (χ0v) is 11.3. The molecule has 1 rings (SSSR count). The Bertz CT molecular complexity index is 326. The van der Waals surface area contributed by atoms with Crippen LogP contribution < -0.4 is 5.32 Å². The van der Waals surface area contributed by atoms with Gasteiger partial charge < -0.3 is 5.32 Å². The Morgan fingerprint density at radius 3 is 2.50 bits per heavy atom. The van der Waals surface area contributed by atoms with Crippen LogP contribution in [0.3, 0.4) is 0 Å². The summed E-state index contributed by atoms with van der Waals surface area (Å²) >= 11 is 0. The minimum Gasteiger partial charge on any atom is -0.319 e. The molecule has 1 aromatic rings. The van der Waals surface area contributed by atoms with Crippen molar-refractivity contribution in [2.45, 2.75) is 39.5 Å². The molecule has 0 aliphatic heterocycles. The molecule has 0 spiro atoms. The van der Waals surface area contributed by atoms with Gasteiger partial charge in [0.05, 0.1) is 0 Å². The smallest absolute Gasteiger partial charge is 0.00401 e. The summed E-state index contributed by atoms with van der Waals surface area (Å²) in [6.45, 7) is 10.1.